The molecule has 2 N–H and O–H groups in total. The van der Waals surface area contributed by atoms with Gasteiger partial charge in [-0.2, -0.15) is 0 Å². The van der Waals surface area contributed by atoms with E-state index in [-0.39, 0.29) is 5.91 Å². The van der Waals surface area contributed by atoms with E-state index in [1.54, 1.807) is 0 Å². The van der Waals surface area contributed by atoms with Crippen LogP contribution in [0.25, 0.3) is 11.4 Å². The van der Waals surface area contributed by atoms with E-state index in [1.807, 2.05) is 28.9 Å². The van der Waals surface area contributed by atoms with Crippen LogP contribution in [-0.2, 0) is 4.79 Å². The minimum atomic E-state index is 0.0841. The molecule has 0 radical (unpaired) electrons. The third kappa shape index (κ3) is 3.46. The zero-order valence-electron chi connectivity index (χ0n) is 13.6. The summed E-state index contributed by atoms with van der Waals surface area (Å²) >= 11 is 0. The fourth-order valence-corrected chi connectivity index (χ4v) is 3.24. The molecule has 7 heteroatoms. The number of aromatic nitrogens is 4. The van der Waals surface area contributed by atoms with Crippen molar-refractivity contribution in [3.8, 4) is 11.4 Å². The lowest BCUT2D eigenvalue weighted by molar-refractivity contribution is -0.117. The minimum absolute atomic E-state index is 0.0841. The Morgan fingerprint density at radius 2 is 2.08 bits per heavy atom. The largest absolute Gasteiger partial charge is 0.326 e. The number of benzene rings is 1. The number of tetrazole rings is 1. The van der Waals surface area contributed by atoms with Gasteiger partial charge in [0.05, 0.1) is 6.04 Å². The van der Waals surface area contributed by atoms with Gasteiger partial charge in [0.25, 0.3) is 0 Å². The number of piperidine rings is 1. The van der Waals surface area contributed by atoms with Crippen molar-refractivity contribution in [2.45, 2.75) is 38.1 Å². The smallest absolute Gasteiger partial charge is 0.224 e. The predicted octanol–water partition coefficient (Wildman–Crippen LogP) is 2.00. The highest BCUT2D eigenvalue weighted by Gasteiger charge is 2.28. The second kappa shape index (κ2) is 6.68. The lowest BCUT2D eigenvalue weighted by atomic mass is 9.94. The average molecular weight is 326 g/mol. The van der Waals surface area contributed by atoms with Crippen LogP contribution in [0.5, 0.6) is 0 Å². The highest BCUT2D eigenvalue weighted by Crippen LogP contribution is 2.36. The molecular weight excluding hydrogens is 304 g/mol. The van der Waals surface area contributed by atoms with Crippen molar-refractivity contribution in [3.05, 3.63) is 24.3 Å². The Kier molecular flexibility index (Phi) is 4.25. The number of rotatable bonds is 5. The zero-order valence-corrected chi connectivity index (χ0v) is 13.6. The number of nitrogens with one attached hydrogen (secondary N) is 2. The van der Waals surface area contributed by atoms with Crippen LogP contribution in [0.15, 0.2) is 24.3 Å². The maximum atomic E-state index is 12.3. The van der Waals surface area contributed by atoms with Crippen LogP contribution in [0.2, 0.25) is 0 Å². The number of nitrogens with zero attached hydrogens (tertiary/aromatic N) is 4. The predicted molar refractivity (Wildman–Crippen MR) is 90.4 cm³/mol. The molecule has 1 saturated carbocycles. The molecule has 1 aliphatic heterocycles. The summed E-state index contributed by atoms with van der Waals surface area (Å²) in [5, 5.41) is 18.4. The van der Waals surface area contributed by atoms with Crippen LogP contribution in [0.4, 0.5) is 5.69 Å². The van der Waals surface area contributed by atoms with E-state index in [0.29, 0.717) is 18.4 Å². The molecule has 1 aromatic carbocycles. The van der Waals surface area contributed by atoms with E-state index < -0.39 is 0 Å². The van der Waals surface area contributed by atoms with Crippen LogP contribution in [-0.4, -0.2) is 39.2 Å². The van der Waals surface area contributed by atoms with E-state index in [2.05, 4.69) is 26.2 Å². The topological polar surface area (TPSA) is 84.7 Å². The molecule has 0 bridgehead atoms. The third-order valence-corrected chi connectivity index (χ3v) is 4.72. The molecule has 0 unspecified atom stereocenters. The van der Waals surface area contributed by atoms with E-state index >= 15 is 0 Å². The van der Waals surface area contributed by atoms with Crippen molar-refractivity contribution in [1.82, 2.24) is 25.5 Å². The van der Waals surface area contributed by atoms with E-state index in [1.165, 1.54) is 0 Å². The summed E-state index contributed by atoms with van der Waals surface area (Å²) in [4.78, 5) is 12.3. The van der Waals surface area contributed by atoms with Crippen molar-refractivity contribution in [2.24, 2.45) is 5.92 Å². The van der Waals surface area contributed by atoms with Crippen LogP contribution in [0.3, 0.4) is 0 Å². The normalized spacial score (nSPS) is 18.5. The molecule has 0 atom stereocenters. The first kappa shape index (κ1) is 15.3. The molecule has 1 saturated heterocycles. The SMILES string of the molecule is O=C(CC1CCNCC1)Nc1cccc(-c2nnnn2C2CC2)c1. The molecule has 2 fully saturated rings. The molecule has 4 rings (SSSR count). The number of hydrogen-bond acceptors (Lipinski definition) is 5. The van der Waals surface area contributed by atoms with Gasteiger partial charge in [-0.1, -0.05) is 12.1 Å². The monoisotopic (exact) mass is 326 g/mol. The van der Waals surface area contributed by atoms with Crippen LogP contribution < -0.4 is 10.6 Å². The fraction of sp³-hybridized carbons (Fsp3) is 0.529. The molecule has 2 aliphatic rings. The van der Waals surface area contributed by atoms with Gasteiger partial charge in [0.15, 0.2) is 5.82 Å². The lowest BCUT2D eigenvalue weighted by Gasteiger charge is -2.21. The summed E-state index contributed by atoms with van der Waals surface area (Å²) in [6.07, 6.45) is 4.99. The molecule has 1 aromatic heterocycles. The van der Waals surface area contributed by atoms with Gasteiger partial charge in [-0.3, -0.25) is 4.79 Å². The van der Waals surface area contributed by atoms with Gasteiger partial charge in [0.1, 0.15) is 0 Å². The highest BCUT2D eigenvalue weighted by atomic mass is 16.1. The lowest BCUT2D eigenvalue weighted by Crippen LogP contribution is -2.30. The van der Waals surface area contributed by atoms with Gasteiger partial charge < -0.3 is 10.6 Å². The first-order chi connectivity index (χ1) is 11.8. The number of anilines is 1. The van der Waals surface area contributed by atoms with Crippen LogP contribution in [0.1, 0.15) is 38.1 Å². The maximum Gasteiger partial charge on any atom is 0.224 e. The minimum Gasteiger partial charge on any atom is -0.326 e. The molecule has 2 aromatic rings. The van der Waals surface area contributed by atoms with Crippen molar-refractivity contribution in [3.63, 3.8) is 0 Å². The fourth-order valence-electron chi connectivity index (χ4n) is 3.24. The summed E-state index contributed by atoms with van der Waals surface area (Å²) in [5.74, 6) is 1.34. The van der Waals surface area contributed by atoms with Gasteiger partial charge in [0.2, 0.25) is 5.91 Å². The van der Waals surface area contributed by atoms with Crippen molar-refractivity contribution in [2.75, 3.05) is 18.4 Å². The summed E-state index contributed by atoms with van der Waals surface area (Å²) in [6.45, 7) is 2.02. The summed E-state index contributed by atoms with van der Waals surface area (Å²) in [6, 6.07) is 8.20. The molecule has 1 amide bonds. The molecule has 1 aliphatic carbocycles. The number of hydrogen-bond donors (Lipinski definition) is 2. The van der Waals surface area contributed by atoms with E-state index in [4.69, 9.17) is 0 Å². The molecule has 0 spiro atoms. The quantitative estimate of drug-likeness (QED) is 0.878. The van der Waals surface area contributed by atoms with Gasteiger partial charge in [-0.05, 0) is 67.3 Å². The van der Waals surface area contributed by atoms with Gasteiger partial charge in [-0.15, -0.1) is 5.10 Å². The zero-order chi connectivity index (χ0) is 16.4. The van der Waals surface area contributed by atoms with Crippen molar-refractivity contribution < 1.29 is 4.79 Å². The Morgan fingerprint density at radius 3 is 2.88 bits per heavy atom. The number of carbonyl (C=O) groups excluding carboxylic acids is 1. The molecule has 2 heterocycles. The summed E-state index contributed by atoms with van der Waals surface area (Å²) in [7, 11) is 0. The van der Waals surface area contributed by atoms with Crippen LogP contribution >= 0.6 is 0 Å². The van der Waals surface area contributed by atoms with Gasteiger partial charge >= 0.3 is 0 Å². The standard InChI is InChI=1S/C17H22N6O/c24-16(10-12-6-8-18-9-7-12)19-14-3-1-2-13(11-14)17-20-21-22-23(17)15-4-5-15/h1-3,11-12,15,18H,4-10H2,(H,19,24). The van der Waals surface area contributed by atoms with Gasteiger partial charge in [0, 0.05) is 17.7 Å². The Morgan fingerprint density at radius 1 is 1.25 bits per heavy atom. The van der Waals surface area contributed by atoms with Crippen molar-refractivity contribution in [1.29, 1.82) is 0 Å². The highest BCUT2D eigenvalue weighted by molar-refractivity contribution is 5.91. The second-order valence-corrected chi connectivity index (χ2v) is 6.70. The van der Waals surface area contributed by atoms with Gasteiger partial charge in [-0.25, -0.2) is 4.68 Å². The average Bonchev–Trinajstić information content (AvgIpc) is 3.32. The molecule has 24 heavy (non-hydrogen) atoms. The molecule has 7 nitrogen and oxygen atoms in total. The molecular formula is C17H22N6O. The van der Waals surface area contributed by atoms with Crippen molar-refractivity contribution >= 4 is 11.6 Å². The third-order valence-electron chi connectivity index (χ3n) is 4.72. The number of carbonyl (C=O) groups is 1. The second-order valence-electron chi connectivity index (χ2n) is 6.70. The Bertz CT molecular complexity index is 717. The van der Waals surface area contributed by atoms with Crippen LogP contribution in [0, 0.1) is 5.92 Å². The van der Waals surface area contributed by atoms with E-state index in [9.17, 15) is 4.79 Å². The summed E-state index contributed by atoms with van der Waals surface area (Å²) < 4.78 is 1.88. The summed E-state index contributed by atoms with van der Waals surface area (Å²) in [5.41, 5.74) is 1.74. The Balaban J connectivity index is 1.44. The first-order valence-electron chi connectivity index (χ1n) is 8.68. The first-order valence-corrected chi connectivity index (χ1v) is 8.68. The Hall–Kier alpha value is -2.28. The Labute approximate surface area is 140 Å². The maximum absolute atomic E-state index is 12.3. The number of amides is 1. The van der Waals surface area contributed by atoms with E-state index in [0.717, 1.165) is 55.8 Å². The molecule has 126 valence electrons.